The van der Waals surface area contributed by atoms with Gasteiger partial charge < -0.3 is 5.73 Å². The van der Waals surface area contributed by atoms with Gasteiger partial charge in [0, 0.05) is 11.1 Å². The largest absolute Gasteiger partial charge is 0.382 e. The quantitative estimate of drug-likeness (QED) is 0.859. The fraction of sp³-hybridized carbons (Fsp3) is 0. The summed E-state index contributed by atoms with van der Waals surface area (Å²) >= 11 is 7.25. The molecule has 0 amide bonds. The van der Waals surface area contributed by atoms with E-state index in [0.29, 0.717) is 16.0 Å². The number of nitrogens with zero attached hydrogens (tertiary/aromatic N) is 4. The molecule has 76 valence electrons. The van der Waals surface area contributed by atoms with Crippen molar-refractivity contribution in [3.63, 3.8) is 0 Å². The van der Waals surface area contributed by atoms with Gasteiger partial charge in [0.1, 0.15) is 5.82 Å². The third kappa shape index (κ3) is 2.34. The van der Waals surface area contributed by atoms with E-state index in [0.717, 1.165) is 4.90 Å². The summed E-state index contributed by atoms with van der Waals surface area (Å²) in [7, 11) is 0. The molecule has 0 saturated carbocycles. The van der Waals surface area contributed by atoms with Crippen molar-refractivity contribution in [3.8, 4) is 0 Å². The molecule has 2 aromatic heterocycles. The van der Waals surface area contributed by atoms with Crippen molar-refractivity contribution < 1.29 is 0 Å². The van der Waals surface area contributed by atoms with E-state index < -0.39 is 0 Å². The Morgan fingerprint density at radius 3 is 2.80 bits per heavy atom. The number of rotatable bonds is 2. The molecule has 0 spiro atoms. The zero-order valence-corrected chi connectivity index (χ0v) is 9.03. The van der Waals surface area contributed by atoms with Gasteiger partial charge in [-0.15, -0.1) is 5.10 Å². The SMILES string of the molecule is Nc1nccc(Sc2nccnn2)c1Cl. The summed E-state index contributed by atoms with van der Waals surface area (Å²) in [6.07, 6.45) is 4.65. The van der Waals surface area contributed by atoms with Crippen molar-refractivity contribution in [2.24, 2.45) is 0 Å². The van der Waals surface area contributed by atoms with E-state index in [1.54, 1.807) is 18.5 Å². The number of pyridine rings is 1. The van der Waals surface area contributed by atoms with Crippen LogP contribution in [0.4, 0.5) is 5.82 Å². The molecule has 0 saturated heterocycles. The lowest BCUT2D eigenvalue weighted by molar-refractivity contribution is 0.838. The molecule has 0 aliphatic rings. The van der Waals surface area contributed by atoms with Crippen LogP contribution in [-0.4, -0.2) is 20.2 Å². The molecule has 0 atom stereocenters. The zero-order chi connectivity index (χ0) is 10.7. The van der Waals surface area contributed by atoms with E-state index in [2.05, 4.69) is 20.2 Å². The number of hydrogen-bond acceptors (Lipinski definition) is 6. The third-order valence-electron chi connectivity index (χ3n) is 1.54. The molecule has 0 aliphatic heterocycles. The van der Waals surface area contributed by atoms with Crippen LogP contribution in [0.3, 0.4) is 0 Å². The maximum Gasteiger partial charge on any atom is 0.213 e. The van der Waals surface area contributed by atoms with Crippen LogP contribution < -0.4 is 5.73 Å². The van der Waals surface area contributed by atoms with Gasteiger partial charge in [0.15, 0.2) is 0 Å². The molecule has 0 bridgehead atoms. The number of anilines is 1. The summed E-state index contributed by atoms with van der Waals surface area (Å²) in [6, 6.07) is 1.75. The number of nitrogen functional groups attached to an aromatic ring is 1. The van der Waals surface area contributed by atoms with Gasteiger partial charge in [-0.3, -0.25) is 0 Å². The average molecular weight is 240 g/mol. The van der Waals surface area contributed by atoms with Gasteiger partial charge in [0.05, 0.1) is 17.4 Å². The molecular weight excluding hydrogens is 234 g/mol. The van der Waals surface area contributed by atoms with Gasteiger partial charge in [0.25, 0.3) is 0 Å². The normalized spacial score (nSPS) is 10.2. The summed E-state index contributed by atoms with van der Waals surface area (Å²) in [6.45, 7) is 0. The van der Waals surface area contributed by atoms with Gasteiger partial charge in [-0.25, -0.2) is 9.97 Å². The van der Waals surface area contributed by atoms with Crippen LogP contribution >= 0.6 is 23.4 Å². The molecule has 0 unspecified atom stereocenters. The molecule has 2 rings (SSSR count). The van der Waals surface area contributed by atoms with E-state index >= 15 is 0 Å². The highest BCUT2D eigenvalue weighted by Gasteiger charge is 2.07. The Kier molecular flexibility index (Phi) is 2.98. The lowest BCUT2D eigenvalue weighted by Crippen LogP contribution is -1.93. The van der Waals surface area contributed by atoms with Crippen LogP contribution in [0.5, 0.6) is 0 Å². The van der Waals surface area contributed by atoms with Gasteiger partial charge in [-0.2, -0.15) is 5.10 Å². The Morgan fingerprint density at radius 2 is 2.07 bits per heavy atom. The molecule has 5 nitrogen and oxygen atoms in total. The Bertz CT molecular complexity index is 464. The molecule has 0 aromatic carbocycles. The minimum absolute atomic E-state index is 0.297. The fourth-order valence-electron chi connectivity index (χ4n) is 0.901. The van der Waals surface area contributed by atoms with Crippen molar-refractivity contribution in [3.05, 3.63) is 29.7 Å². The predicted octanol–water partition coefficient (Wildman–Crippen LogP) is 1.65. The van der Waals surface area contributed by atoms with Crippen molar-refractivity contribution in [1.82, 2.24) is 20.2 Å². The Labute approximate surface area is 95.1 Å². The topological polar surface area (TPSA) is 77.6 Å². The highest BCUT2D eigenvalue weighted by atomic mass is 35.5. The summed E-state index contributed by atoms with van der Waals surface area (Å²) < 4.78 is 0. The van der Waals surface area contributed by atoms with Crippen molar-refractivity contribution in [2.75, 3.05) is 5.73 Å². The summed E-state index contributed by atoms with van der Waals surface area (Å²) in [5, 5.41) is 8.47. The first kappa shape index (κ1) is 10.1. The molecule has 0 fully saturated rings. The first-order valence-corrected chi connectivity index (χ1v) is 5.18. The minimum Gasteiger partial charge on any atom is -0.382 e. The summed E-state index contributed by atoms with van der Waals surface area (Å²) in [5.74, 6) is 0.297. The van der Waals surface area contributed by atoms with Crippen LogP contribution in [-0.2, 0) is 0 Å². The van der Waals surface area contributed by atoms with E-state index in [1.165, 1.54) is 18.0 Å². The number of hydrogen-bond donors (Lipinski definition) is 1. The standard InChI is InChI=1S/C8H6ClN5S/c9-6-5(1-2-11-7(6)10)15-8-12-3-4-13-14-8/h1-4H,(H2,10,11). The first-order valence-electron chi connectivity index (χ1n) is 3.99. The van der Waals surface area contributed by atoms with Crippen molar-refractivity contribution in [1.29, 1.82) is 0 Å². The number of nitrogens with two attached hydrogens (primary N) is 1. The molecule has 2 aromatic rings. The summed E-state index contributed by atoms with van der Waals surface area (Å²) in [5.41, 5.74) is 5.56. The maximum absolute atomic E-state index is 5.96. The minimum atomic E-state index is 0.297. The maximum atomic E-state index is 5.96. The average Bonchev–Trinajstić information content (AvgIpc) is 2.26. The lowest BCUT2D eigenvalue weighted by atomic mass is 10.5. The Balaban J connectivity index is 2.29. The molecule has 2 N–H and O–H groups in total. The second kappa shape index (κ2) is 4.41. The first-order chi connectivity index (χ1) is 7.27. The van der Waals surface area contributed by atoms with Crippen LogP contribution in [0.15, 0.2) is 34.7 Å². The third-order valence-corrected chi connectivity index (χ3v) is 2.98. The molecule has 2 heterocycles. The molecule has 15 heavy (non-hydrogen) atoms. The fourth-order valence-corrected chi connectivity index (χ4v) is 1.85. The zero-order valence-electron chi connectivity index (χ0n) is 7.46. The summed E-state index contributed by atoms with van der Waals surface area (Å²) in [4.78, 5) is 8.63. The van der Waals surface area contributed by atoms with Crippen LogP contribution in [0, 0.1) is 0 Å². The lowest BCUT2D eigenvalue weighted by Gasteiger charge is -2.02. The number of aromatic nitrogens is 4. The predicted molar refractivity (Wildman–Crippen MR) is 57.6 cm³/mol. The van der Waals surface area contributed by atoms with Gasteiger partial charge in [-0.1, -0.05) is 11.6 Å². The molecule has 0 aliphatic carbocycles. The highest BCUT2D eigenvalue weighted by molar-refractivity contribution is 7.99. The Morgan fingerprint density at radius 1 is 1.20 bits per heavy atom. The van der Waals surface area contributed by atoms with Crippen LogP contribution in [0.25, 0.3) is 0 Å². The van der Waals surface area contributed by atoms with E-state index in [9.17, 15) is 0 Å². The van der Waals surface area contributed by atoms with E-state index in [1.807, 2.05) is 0 Å². The second-order valence-electron chi connectivity index (χ2n) is 2.54. The van der Waals surface area contributed by atoms with Gasteiger partial charge in [0.2, 0.25) is 5.16 Å². The van der Waals surface area contributed by atoms with E-state index in [-0.39, 0.29) is 0 Å². The highest BCUT2D eigenvalue weighted by Crippen LogP contribution is 2.32. The van der Waals surface area contributed by atoms with Gasteiger partial charge in [-0.05, 0) is 17.8 Å². The van der Waals surface area contributed by atoms with E-state index in [4.69, 9.17) is 17.3 Å². The van der Waals surface area contributed by atoms with Crippen LogP contribution in [0.2, 0.25) is 5.02 Å². The van der Waals surface area contributed by atoms with Gasteiger partial charge >= 0.3 is 0 Å². The second-order valence-corrected chi connectivity index (χ2v) is 3.92. The number of halogens is 1. The molecule has 0 radical (unpaired) electrons. The van der Waals surface area contributed by atoms with Crippen molar-refractivity contribution in [2.45, 2.75) is 10.1 Å². The molecule has 7 heteroatoms. The van der Waals surface area contributed by atoms with Crippen molar-refractivity contribution >= 4 is 29.2 Å². The molecular formula is C8H6ClN5S. The monoisotopic (exact) mass is 239 g/mol. The Hall–Kier alpha value is -1.40. The smallest absolute Gasteiger partial charge is 0.213 e. The van der Waals surface area contributed by atoms with Crippen LogP contribution in [0.1, 0.15) is 0 Å².